The second-order valence-corrected chi connectivity index (χ2v) is 6.53. The average Bonchev–Trinajstić information content (AvgIpc) is 2.68. The maximum Gasteiger partial charge on any atom is 0.349 e. The molecular weight excluding hydrogens is 344 g/mol. The Morgan fingerprint density at radius 3 is 2.70 bits per heavy atom. The molecule has 4 rings (SSSR count). The molecule has 1 saturated heterocycles. The summed E-state index contributed by atoms with van der Waals surface area (Å²) in [5.74, 6) is -0.474. The predicted octanol–water partition coefficient (Wildman–Crippen LogP) is 2.88. The molecule has 0 radical (unpaired) electrons. The molecule has 27 heavy (non-hydrogen) atoms. The summed E-state index contributed by atoms with van der Waals surface area (Å²) in [5.41, 5.74) is 1.56. The highest BCUT2D eigenvalue weighted by Gasteiger charge is 2.15. The molecule has 0 bridgehead atoms. The summed E-state index contributed by atoms with van der Waals surface area (Å²) >= 11 is 0. The summed E-state index contributed by atoms with van der Waals surface area (Å²) in [6.07, 6.45) is 0. The van der Waals surface area contributed by atoms with Crippen molar-refractivity contribution in [3.8, 4) is 0 Å². The fourth-order valence-corrected chi connectivity index (χ4v) is 3.18. The van der Waals surface area contributed by atoms with Gasteiger partial charge in [-0.25, -0.2) is 4.79 Å². The number of anilines is 1. The molecule has 1 amide bonds. The summed E-state index contributed by atoms with van der Waals surface area (Å²) in [7, 11) is 0. The third-order valence-corrected chi connectivity index (χ3v) is 4.58. The van der Waals surface area contributed by atoms with Gasteiger partial charge in [-0.1, -0.05) is 30.3 Å². The van der Waals surface area contributed by atoms with Crippen LogP contribution in [0.5, 0.6) is 0 Å². The van der Waals surface area contributed by atoms with E-state index in [0.717, 1.165) is 38.4 Å². The quantitative estimate of drug-likeness (QED) is 0.721. The van der Waals surface area contributed by atoms with Crippen molar-refractivity contribution >= 4 is 22.6 Å². The van der Waals surface area contributed by atoms with Crippen molar-refractivity contribution < 1.29 is 13.9 Å². The number of carbonyl (C=O) groups is 1. The van der Waals surface area contributed by atoms with Crippen LogP contribution >= 0.6 is 0 Å². The number of para-hydroxylation sites is 1. The number of nitrogens with one attached hydrogen (secondary N) is 1. The number of hydrogen-bond donors (Lipinski definition) is 1. The van der Waals surface area contributed by atoms with Gasteiger partial charge in [0.25, 0.3) is 5.91 Å². The maximum atomic E-state index is 12.6. The van der Waals surface area contributed by atoms with Gasteiger partial charge in [-0.05, 0) is 29.8 Å². The van der Waals surface area contributed by atoms with Crippen LogP contribution in [0.4, 0.5) is 5.69 Å². The van der Waals surface area contributed by atoms with Crippen molar-refractivity contribution in [2.75, 3.05) is 31.6 Å². The lowest BCUT2D eigenvalue weighted by atomic mass is 10.1. The fraction of sp³-hybridized carbons (Fsp3) is 0.238. The van der Waals surface area contributed by atoms with E-state index in [9.17, 15) is 9.59 Å². The van der Waals surface area contributed by atoms with Crippen LogP contribution in [0.25, 0.3) is 11.0 Å². The Bertz CT molecular complexity index is 1020. The number of rotatable bonds is 4. The summed E-state index contributed by atoms with van der Waals surface area (Å²) in [6.45, 7) is 4.08. The van der Waals surface area contributed by atoms with Gasteiger partial charge in [-0.15, -0.1) is 0 Å². The molecule has 1 aromatic heterocycles. The largest absolute Gasteiger partial charge is 0.422 e. The van der Waals surface area contributed by atoms with Gasteiger partial charge in [0, 0.05) is 30.7 Å². The van der Waals surface area contributed by atoms with Crippen LogP contribution in [0.2, 0.25) is 0 Å². The van der Waals surface area contributed by atoms with E-state index >= 15 is 0 Å². The topological polar surface area (TPSA) is 71.8 Å². The van der Waals surface area contributed by atoms with Gasteiger partial charge in [0.15, 0.2) is 0 Å². The first-order chi connectivity index (χ1) is 13.2. The zero-order chi connectivity index (χ0) is 18.6. The van der Waals surface area contributed by atoms with Crippen LogP contribution in [-0.2, 0) is 11.3 Å². The van der Waals surface area contributed by atoms with E-state index in [-0.39, 0.29) is 5.56 Å². The van der Waals surface area contributed by atoms with Crippen LogP contribution in [0, 0.1) is 0 Å². The zero-order valence-corrected chi connectivity index (χ0v) is 14.8. The Kier molecular flexibility index (Phi) is 5.00. The zero-order valence-electron chi connectivity index (χ0n) is 14.8. The number of hydrogen-bond acceptors (Lipinski definition) is 5. The molecule has 0 saturated carbocycles. The number of fused-ring (bicyclic) bond motifs is 1. The minimum absolute atomic E-state index is 0.00715. The molecule has 0 atom stereocenters. The highest BCUT2D eigenvalue weighted by Crippen LogP contribution is 2.16. The first kappa shape index (κ1) is 17.5. The molecule has 6 heteroatoms. The van der Waals surface area contributed by atoms with E-state index in [2.05, 4.69) is 10.2 Å². The molecule has 1 fully saturated rings. The molecule has 3 aromatic rings. The van der Waals surface area contributed by atoms with Crippen molar-refractivity contribution in [3.05, 3.63) is 76.1 Å². The van der Waals surface area contributed by atoms with Gasteiger partial charge in [-0.3, -0.25) is 9.69 Å². The minimum atomic E-state index is -0.643. The molecule has 1 aliphatic heterocycles. The second kappa shape index (κ2) is 7.73. The maximum absolute atomic E-state index is 12.6. The van der Waals surface area contributed by atoms with E-state index in [1.54, 1.807) is 24.3 Å². The van der Waals surface area contributed by atoms with Crippen molar-refractivity contribution in [1.82, 2.24) is 4.90 Å². The summed E-state index contributed by atoms with van der Waals surface area (Å²) in [6, 6.07) is 16.3. The standard InChI is InChI=1S/C21H20N2O4/c24-20(18-13-16-5-1-2-7-19(16)27-21(18)25)22-17-6-3-4-15(12-17)14-23-8-10-26-11-9-23/h1-7,12-13H,8-11,14H2,(H,22,24). The van der Waals surface area contributed by atoms with Gasteiger partial charge >= 0.3 is 5.63 Å². The molecule has 0 spiro atoms. The Labute approximate surface area is 156 Å². The van der Waals surface area contributed by atoms with Crippen LogP contribution in [0.15, 0.2) is 63.8 Å². The lowest BCUT2D eigenvalue weighted by molar-refractivity contribution is 0.0342. The number of ether oxygens (including phenoxy) is 1. The number of nitrogens with zero attached hydrogens (tertiary/aromatic N) is 1. The lowest BCUT2D eigenvalue weighted by Gasteiger charge is -2.26. The molecule has 0 aliphatic carbocycles. The number of morpholine rings is 1. The molecule has 6 nitrogen and oxygen atoms in total. The molecule has 2 aromatic carbocycles. The van der Waals surface area contributed by atoms with Gasteiger partial charge in [0.1, 0.15) is 11.1 Å². The average molecular weight is 364 g/mol. The molecule has 138 valence electrons. The molecule has 2 heterocycles. The van der Waals surface area contributed by atoms with Crippen molar-refractivity contribution in [2.24, 2.45) is 0 Å². The first-order valence-electron chi connectivity index (χ1n) is 8.92. The highest BCUT2D eigenvalue weighted by atomic mass is 16.5. The van der Waals surface area contributed by atoms with E-state index in [1.807, 2.05) is 30.3 Å². The first-order valence-corrected chi connectivity index (χ1v) is 8.92. The summed E-state index contributed by atoms with van der Waals surface area (Å²) in [5, 5.41) is 3.51. The minimum Gasteiger partial charge on any atom is -0.422 e. The Morgan fingerprint density at radius 2 is 1.85 bits per heavy atom. The number of amides is 1. The van der Waals surface area contributed by atoms with Crippen LogP contribution in [0.3, 0.4) is 0 Å². The van der Waals surface area contributed by atoms with Gasteiger partial charge in [0.2, 0.25) is 0 Å². The summed E-state index contributed by atoms with van der Waals surface area (Å²) in [4.78, 5) is 27.0. The third kappa shape index (κ3) is 4.07. The van der Waals surface area contributed by atoms with Crippen molar-refractivity contribution in [2.45, 2.75) is 6.54 Å². The van der Waals surface area contributed by atoms with Gasteiger partial charge in [0.05, 0.1) is 13.2 Å². The number of benzene rings is 2. The molecule has 1 aliphatic rings. The monoisotopic (exact) mass is 364 g/mol. The Morgan fingerprint density at radius 1 is 1.04 bits per heavy atom. The Balaban J connectivity index is 1.52. The lowest BCUT2D eigenvalue weighted by Crippen LogP contribution is -2.35. The van der Waals surface area contributed by atoms with Crippen LogP contribution in [0.1, 0.15) is 15.9 Å². The normalized spacial score (nSPS) is 15.0. The van der Waals surface area contributed by atoms with Crippen LogP contribution in [-0.4, -0.2) is 37.1 Å². The smallest absolute Gasteiger partial charge is 0.349 e. The SMILES string of the molecule is O=C(Nc1cccc(CN2CCOCC2)c1)c1cc2ccccc2oc1=O. The molecular formula is C21H20N2O4. The fourth-order valence-electron chi connectivity index (χ4n) is 3.18. The Hall–Kier alpha value is -2.96. The number of carbonyl (C=O) groups excluding carboxylic acids is 1. The highest BCUT2D eigenvalue weighted by molar-refractivity contribution is 6.05. The van der Waals surface area contributed by atoms with Crippen LogP contribution < -0.4 is 10.9 Å². The second-order valence-electron chi connectivity index (χ2n) is 6.53. The van der Waals surface area contributed by atoms with Crippen molar-refractivity contribution in [3.63, 3.8) is 0 Å². The van der Waals surface area contributed by atoms with Crippen molar-refractivity contribution in [1.29, 1.82) is 0 Å². The predicted molar refractivity (Wildman–Crippen MR) is 103 cm³/mol. The van der Waals surface area contributed by atoms with E-state index in [4.69, 9.17) is 9.15 Å². The van der Waals surface area contributed by atoms with E-state index in [0.29, 0.717) is 16.7 Å². The van der Waals surface area contributed by atoms with Gasteiger partial charge in [-0.2, -0.15) is 0 Å². The van der Waals surface area contributed by atoms with E-state index in [1.165, 1.54) is 0 Å². The van der Waals surface area contributed by atoms with E-state index < -0.39 is 11.5 Å². The summed E-state index contributed by atoms with van der Waals surface area (Å²) < 4.78 is 10.6. The third-order valence-electron chi connectivity index (χ3n) is 4.58. The molecule has 0 unspecified atom stereocenters. The van der Waals surface area contributed by atoms with Gasteiger partial charge < -0.3 is 14.5 Å². The molecule has 1 N–H and O–H groups in total.